The van der Waals surface area contributed by atoms with Crippen molar-refractivity contribution >= 4 is 15.9 Å². The van der Waals surface area contributed by atoms with Crippen LogP contribution in [0.25, 0.3) is 0 Å². The predicted molar refractivity (Wildman–Crippen MR) is 99.8 cm³/mol. The Bertz CT molecular complexity index is 893. The van der Waals surface area contributed by atoms with Crippen LogP contribution in [0.2, 0.25) is 0 Å². The Labute approximate surface area is 159 Å². The van der Waals surface area contributed by atoms with Gasteiger partial charge in [-0.25, -0.2) is 8.42 Å². The van der Waals surface area contributed by atoms with E-state index in [2.05, 4.69) is 5.32 Å². The van der Waals surface area contributed by atoms with Gasteiger partial charge in [-0.3, -0.25) is 4.79 Å². The van der Waals surface area contributed by atoms with E-state index in [0.717, 1.165) is 5.56 Å². The highest BCUT2D eigenvalue weighted by Gasteiger charge is 2.34. The smallest absolute Gasteiger partial charge is 0.246 e. The van der Waals surface area contributed by atoms with Gasteiger partial charge >= 0.3 is 0 Å². The van der Waals surface area contributed by atoms with Gasteiger partial charge in [0.2, 0.25) is 15.9 Å². The number of nitrogens with one attached hydrogen (secondary N) is 1. The first-order chi connectivity index (χ1) is 12.9. The normalized spacial score (nSPS) is 18.2. The molecule has 0 spiro atoms. The zero-order valence-electron chi connectivity index (χ0n) is 15.5. The second-order valence-electron chi connectivity index (χ2n) is 6.65. The first-order valence-electron chi connectivity index (χ1n) is 8.86. The number of benzene rings is 1. The van der Waals surface area contributed by atoms with Gasteiger partial charge < -0.3 is 14.5 Å². The monoisotopic (exact) mass is 392 g/mol. The molecule has 1 amide bonds. The summed E-state index contributed by atoms with van der Waals surface area (Å²) >= 11 is 0. The summed E-state index contributed by atoms with van der Waals surface area (Å²) in [6.07, 6.45) is 2.83. The van der Waals surface area contributed by atoms with E-state index in [0.29, 0.717) is 37.4 Å². The number of hydrogen-bond acceptors (Lipinski definition) is 5. The summed E-state index contributed by atoms with van der Waals surface area (Å²) in [6.45, 7) is 2.67. The molecule has 1 unspecified atom stereocenters. The van der Waals surface area contributed by atoms with Crippen molar-refractivity contribution in [2.75, 3.05) is 20.2 Å². The largest absolute Gasteiger partial charge is 0.495 e. The molecule has 1 atom stereocenters. The molecule has 0 bridgehead atoms. The van der Waals surface area contributed by atoms with Crippen molar-refractivity contribution in [3.05, 3.63) is 47.9 Å². The van der Waals surface area contributed by atoms with E-state index in [-0.39, 0.29) is 23.3 Å². The topological polar surface area (TPSA) is 88.9 Å². The summed E-state index contributed by atoms with van der Waals surface area (Å²) in [7, 11) is -2.29. The lowest BCUT2D eigenvalue weighted by Crippen LogP contribution is -2.45. The van der Waals surface area contributed by atoms with Crippen molar-refractivity contribution in [3.63, 3.8) is 0 Å². The van der Waals surface area contributed by atoms with Gasteiger partial charge in [-0.15, -0.1) is 0 Å². The zero-order valence-corrected chi connectivity index (χ0v) is 16.3. The second kappa shape index (κ2) is 8.14. The highest BCUT2D eigenvalue weighted by Crippen LogP contribution is 2.30. The number of nitrogens with zero attached hydrogens (tertiary/aromatic N) is 1. The van der Waals surface area contributed by atoms with Crippen molar-refractivity contribution in [2.45, 2.75) is 31.2 Å². The minimum Gasteiger partial charge on any atom is -0.495 e. The molecule has 27 heavy (non-hydrogen) atoms. The maximum absolute atomic E-state index is 13.1. The third kappa shape index (κ3) is 4.33. The number of rotatable bonds is 6. The van der Waals surface area contributed by atoms with Crippen LogP contribution in [-0.4, -0.2) is 38.8 Å². The summed E-state index contributed by atoms with van der Waals surface area (Å²) in [4.78, 5) is 12.6. The average molecular weight is 392 g/mol. The fourth-order valence-corrected chi connectivity index (χ4v) is 5.00. The third-order valence-corrected chi connectivity index (χ3v) is 6.60. The fraction of sp³-hybridized carbons (Fsp3) is 0.421. The Hall–Kier alpha value is -2.32. The molecule has 1 aliphatic rings. The molecule has 0 saturated carbocycles. The van der Waals surface area contributed by atoms with Crippen LogP contribution in [0.4, 0.5) is 0 Å². The SMILES string of the molecule is COc1ccc(C)cc1S(=O)(=O)N1CCCC(C(=O)NCc2ccco2)C1. The van der Waals surface area contributed by atoms with Gasteiger partial charge in [0, 0.05) is 13.1 Å². The number of amides is 1. The van der Waals surface area contributed by atoms with Gasteiger partial charge in [0.1, 0.15) is 16.4 Å². The highest BCUT2D eigenvalue weighted by atomic mass is 32.2. The van der Waals surface area contributed by atoms with Crippen LogP contribution in [0.5, 0.6) is 5.75 Å². The van der Waals surface area contributed by atoms with Gasteiger partial charge in [-0.2, -0.15) is 4.31 Å². The van der Waals surface area contributed by atoms with E-state index in [9.17, 15) is 13.2 Å². The lowest BCUT2D eigenvalue weighted by atomic mass is 9.99. The van der Waals surface area contributed by atoms with E-state index in [1.807, 2.05) is 6.92 Å². The minimum absolute atomic E-state index is 0.140. The van der Waals surface area contributed by atoms with Crippen LogP contribution < -0.4 is 10.1 Å². The Morgan fingerprint density at radius 1 is 1.37 bits per heavy atom. The number of sulfonamides is 1. The highest BCUT2D eigenvalue weighted by molar-refractivity contribution is 7.89. The van der Waals surface area contributed by atoms with Crippen LogP contribution in [-0.2, 0) is 21.4 Å². The Balaban J connectivity index is 1.73. The summed E-state index contributed by atoms with van der Waals surface area (Å²) < 4.78 is 38.1. The van der Waals surface area contributed by atoms with Gasteiger partial charge in [-0.1, -0.05) is 6.07 Å². The number of hydrogen-bond donors (Lipinski definition) is 1. The zero-order chi connectivity index (χ0) is 19.4. The van der Waals surface area contributed by atoms with E-state index in [1.165, 1.54) is 11.4 Å². The number of furan rings is 1. The van der Waals surface area contributed by atoms with E-state index in [1.54, 1.807) is 36.6 Å². The summed E-state index contributed by atoms with van der Waals surface area (Å²) in [5.74, 6) is 0.417. The summed E-state index contributed by atoms with van der Waals surface area (Å²) in [5, 5.41) is 2.82. The molecule has 0 aliphatic carbocycles. The molecule has 7 nitrogen and oxygen atoms in total. The molecule has 1 saturated heterocycles. The van der Waals surface area contributed by atoms with Crippen molar-refractivity contribution in [3.8, 4) is 5.75 Å². The summed E-state index contributed by atoms with van der Waals surface area (Å²) in [6, 6.07) is 8.60. The minimum atomic E-state index is -3.74. The molecule has 1 aliphatic heterocycles. The van der Waals surface area contributed by atoms with Crippen LogP contribution in [0.15, 0.2) is 45.9 Å². The molecule has 146 valence electrons. The maximum Gasteiger partial charge on any atom is 0.246 e. The molecule has 1 aromatic heterocycles. The van der Waals surface area contributed by atoms with E-state index >= 15 is 0 Å². The lowest BCUT2D eigenvalue weighted by molar-refractivity contribution is -0.126. The second-order valence-corrected chi connectivity index (χ2v) is 8.56. The van der Waals surface area contributed by atoms with Crippen molar-refractivity contribution in [1.82, 2.24) is 9.62 Å². The van der Waals surface area contributed by atoms with Crippen LogP contribution in [0.3, 0.4) is 0 Å². The number of methoxy groups -OCH3 is 1. The van der Waals surface area contributed by atoms with Gasteiger partial charge in [0.15, 0.2) is 0 Å². The first-order valence-corrected chi connectivity index (χ1v) is 10.3. The first kappa shape index (κ1) is 19.4. The molecule has 3 rings (SSSR count). The van der Waals surface area contributed by atoms with Crippen LogP contribution >= 0.6 is 0 Å². The number of aryl methyl sites for hydroxylation is 1. The quantitative estimate of drug-likeness (QED) is 0.815. The van der Waals surface area contributed by atoms with Crippen molar-refractivity contribution in [1.29, 1.82) is 0 Å². The maximum atomic E-state index is 13.1. The van der Waals surface area contributed by atoms with Gasteiger partial charge in [0.05, 0.1) is 25.8 Å². The molecular weight excluding hydrogens is 368 g/mol. The van der Waals surface area contributed by atoms with E-state index < -0.39 is 10.0 Å². The Kier molecular flexibility index (Phi) is 5.86. The number of ether oxygens (including phenoxy) is 1. The van der Waals surface area contributed by atoms with Crippen molar-refractivity contribution in [2.24, 2.45) is 5.92 Å². The molecule has 1 fully saturated rings. The molecule has 1 N–H and O–H groups in total. The molecule has 1 aromatic carbocycles. The standard InChI is InChI=1S/C19H24N2O5S/c1-14-7-8-17(25-2)18(11-14)27(23,24)21-9-3-5-15(13-21)19(22)20-12-16-6-4-10-26-16/h4,6-8,10-11,15H,3,5,9,12-13H2,1-2H3,(H,20,22). The van der Waals surface area contributed by atoms with Crippen molar-refractivity contribution < 1.29 is 22.4 Å². The molecule has 2 heterocycles. The molecule has 0 radical (unpaired) electrons. The number of carbonyl (C=O) groups is 1. The fourth-order valence-electron chi connectivity index (χ4n) is 3.23. The molecule has 8 heteroatoms. The van der Waals surface area contributed by atoms with Crippen LogP contribution in [0, 0.1) is 12.8 Å². The van der Waals surface area contributed by atoms with Gasteiger partial charge in [0.25, 0.3) is 0 Å². The summed E-state index contributed by atoms with van der Waals surface area (Å²) in [5.41, 5.74) is 0.833. The van der Waals surface area contributed by atoms with Gasteiger partial charge in [-0.05, 0) is 49.6 Å². The molecule has 2 aromatic rings. The average Bonchev–Trinajstić information content (AvgIpc) is 3.19. The Morgan fingerprint density at radius 3 is 2.89 bits per heavy atom. The predicted octanol–water partition coefficient (Wildman–Crippen LogP) is 2.31. The number of piperidine rings is 1. The number of carbonyl (C=O) groups excluding carboxylic acids is 1. The Morgan fingerprint density at radius 2 is 2.19 bits per heavy atom. The lowest BCUT2D eigenvalue weighted by Gasteiger charge is -2.31. The third-order valence-electron chi connectivity index (χ3n) is 4.71. The van der Waals surface area contributed by atoms with E-state index in [4.69, 9.17) is 9.15 Å². The molecular formula is C19H24N2O5S. The van der Waals surface area contributed by atoms with Crippen LogP contribution in [0.1, 0.15) is 24.2 Å².